The number of alkyl halides is 3. The number of ether oxygens (including phenoxy) is 1. The van der Waals surface area contributed by atoms with Crippen LogP contribution < -0.4 is 5.32 Å². The molecule has 0 aliphatic carbocycles. The van der Waals surface area contributed by atoms with Gasteiger partial charge in [0.2, 0.25) is 0 Å². The van der Waals surface area contributed by atoms with Crippen LogP contribution in [0.4, 0.5) is 13.2 Å². The largest absolute Gasteiger partial charge is 0.401 e. The van der Waals surface area contributed by atoms with E-state index in [1.165, 1.54) is 5.57 Å². The van der Waals surface area contributed by atoms with E-state index in [1.807, 2.05) is 0 Å². The molecule has 0 spiro atoms. The summed E-state index contributed by atoms with van der Waals surface area (Å²) in [4.78, 5) is 2.13. The Balaban J connectivity index is 2.10. The molecule has 0 bridgehead atoms. The quantitative estimate of drug-likeness (QED) is 0.571. The van der Waals surface area contributed by atoms with Crippen molar-refractivity contribution in [1.82, 2.24) is 10.2 Å². The van der Waals surface area contributed by atoms with Gasteiger partial charge in [-0.3, -0.25) is 4.90 Å². The van der Waals surface area contributed by atoms with E-state index in [1.54, 1.807) is 7.11 Å². The number of halogens is 3. The van der Waals surface area contributed by atoms with E-state index in [-0.39, 0.29) is 0 Å². The Morgan fingerprint density at radius 2 is 2.24 bits per heavy atom. The van der Waals surface area contributed by atoms with Crippen LogP contribution in [0.1, 0.15) is 6.42 Å². The summed E-state index contributed by atoms with van der Waals surface area (Å²) in [5.41, 5.74) is 1.27. The highest BCUT2D eigenvalue weighted by molar-refractivity contribution is 5.07. The fourth-order valence-electron chi connectivity index (χ4n) is 1.74. The molecule has 0 radical (unpaired) electrons. The van der Waals surface area contributed by atoms with Crippen molar-refractivity contribution >= 4 is 0 Å². The third-order valence-corrected chi connectivity index (χ3v) is 2.65. The molecule has 0 fully saturated rings. The van der Waals surface area contributed by atoms with Crippen molar-refractivity contribution in [2.45, 2.75) is 12.6 Å². The Labute approximate surface area is 99.6 Å². The molecule has 0 aromatic rings. The number of nitrogens with one attached hydrogen (secondary N) is 1. The summed E-state index contributed by atoms with van der Waals surface area (Å²) in [6.07, 6.45) is -1.09. The van der Waals surface area contributed by atoms with E-state index in [2.05, 4.69) is 16.3 Å². The summed E-state index contributed by atoms with van der Waals surface area (Å²) < 4.78 is 40.6. The lowest BCUT2D eigenvalue weighted by Gasteiger charge is -2.26. The van der Waals surface area contributed by atoms with Gasteiger partial charge in [-0.05, 0) is 12.0 Å². The molecule has 0 aromatic heterocycles. The smallest absolute Gasteiger partial charge is 0.380 e. The van der Waals surface area contributed by atoms with E-state index in [0.717, 1.165) is 19.5 Å². The summed E-state index contributed by atoms with van der Waals surface area (Å²) in [6, 6.07) is 0. The summed E-state index contributed by atoms with van der Waals surface area (Å²) in [5, 5.41) is 2.40. The molecule has 17 heavy (non-hydrogen) atoms. The summed E-state index contributed by atoms with van der Waals surface area (Å²) in [5.74, 6) is 0. The molecule has 1 N–H and O–H groups in total. The van der Waals surface area contributed by atoms with Gasteiger partial charge in [-0.2, -0.15) is 13.2 Å². The molecule has 0 unspecified atom stereocenters. The van der Waals surface area contributed by atoms with E-state index >= 15 is 0 Å². The summed E-state index contributed by atoms with van der Waals surface area (Å²) in [6.45, 7) is 2.45. The van der Waals surface area contributed by atoms with Gasteiger partial charge in [0, 0.05) is 33.3 Å². The van der Waals surface area contributed by atoms with Gasteiger partial charge in [-0.25, -0.2) is 0 Å². The van der Waals surface area contributed by atoms with Crippen LogP contribution >= 0.6 is 0 Å². The van der Waals surface area contributed by atoms with Crippen LogP contribution in [-0.4, -0.2) is 57.5 Å². The molecular formula is C11H19F3N2O. The molecule has 0 atom stereocenters. The number of hydrogen-bond donors (Lipinski definition) is 1. The molecule has 1 heterocycles. The fraction of sp³-hybridized carbons (Fsp3) is 0.818. The molecule has 0 saturated heterocycles. The number of hydrogen-bond acceptors (Lipinski definition) is 3. The average Bonchev–Trinajstić information content (AvgIpc) is 2.26. The van der Waals surface area contributed by atoms with E-state index in [4.69, 9.17) is 4.74 Å². The normalized spacial score (nSPS) is 18.2. The zero-order valence-electron chi connectivity index (χ0n) is 10.0. The van der Waals surface area contributed by atoms with Gasteiger partial charge in [-0.15, -0.1) is 0 Å². The predicted octanol–water partition coefficient (Wildman–Crippen LogP) is 1.42. The van der Waals surface area contributed by atoms with E-state index < -0.39 is 12.7 Å². The maximum Gasteiger partial charge on any atom is 0.401 e. The van der Waals surface area contributed by atoms with Gasteiger partial charge < -0.3 is 10.1 Å². The minimum atomic E-state index is -4.12. The van der Waals surface area contributed by atoms with Gasteiger partial charge in [0.25, 0.3) is 0 Å². The van der Waals surface area contributed by atoms with Crippen LogP contribution in [-0.2, 0) is 4.74 Å². The Bertz CT molecular complexity index is 254. The average molecular weight is 252 g/mol. The second kappa shape index (κ2) is 6.98. The topological polar surface area (TPSA) is 24.5 Å². The minimum Gasteiger partial charge on any atom is -0.380 e. The van der Waals surface area contributed by atoms with Crippen LogP contribution in [0.5, 0.6) is 0 Å². The van der Waals surface area contributed by atoms with Gasteiger partial charge in [-0.1, -0.05) is 6.08 Å². The van der Waals surface area contributed by atoms with Gasteiger partial charge in [0.15, 0.2) is 0 Å². The zero-order valence-corrected chi connectivity index (χ0v) is 10.0. The van der Waals surface area contributed by atoms with Crippen LogP contribution in [0.2, 0.25) is 0 Å². The van der Waals surface area contributed by atoms with Crippen molar-refractivity contribution in [3.63, 3.8) is 0 Å². The molecule has 0 saturated carbocycles. The second-order valence-electron chi connectivity index (χ2n) is 4.14. The Morgan fingerprint density at radius 3 is 2.76 bits per heavy atom. The number of methoxy groups -OCH3 is 1. The van der Waals surface area contributed by atoms with E-state index in [9.17, 15) is 13.2 Å². The van der Waals surface area contributed by atoms with Crippen LogP contribution in [0.3, 0.4) is 0 Å². The van der Waals surface area contributed by atoms with Crippen molar-refractivity contribution in [1.29, 1.82) is 0 Å². The number of nitrogens with zero attached hydrogens (tertiary/aromatic N) is 1. The molecular weight excluding hydrogens is 233 g/mol. The first-order chi connectivity index (χ1) is 8.01. The van der Waals surface area contributed by atoms with Crippen LogP contribution in [0, 0.1) is 0 Å². The monoisotopic (exact) mass is 252 g/mol. The number of rotatable bonds is 6. The first-order valence-corrected chi connectivity index (χ1v) is 5.68. The zero-order chi connectivity index (χ0) is 12.7. The molecule has 0 amide bonds. The maximum atomic E-state index is 11.9. The molecule has 1 rings (SSSR count). The second-order valence-corrected chi connectivity index (χ2v) is 4.14. The van der Waals surface area contributed by atoms with Gasteiger partial charge in [0.1, 0.15) is 0 Å². The first kappa shape index (κ1) is 14.5. The standard InChI is InChI=1S/C11H19F3N2O/c1-17-8-10-2-5-16(6-3-10)7-4-15-9-11(12,13)14/h2,15H,3-9H2,1H3. The fourth-order valence-corrected chi connectivity index (χ4v) is 1.74. The van der Waals surface area contributed by atoms with Crippen LogP contribution in [0.15, 0.2) is 11.6 Å². The molecule has 6 heteroatoms. The molecule has 1 aliphatic heterocycles. The summed E-state index contributed by atoms with van der Waals surface area (Å²) >= 11 is 0. The lowest BCUT2D eigenvalue weighted by molar-refractivity contribution is -0.124. The molecule has 3 nitrogen and oxygen atoms in total. The van der Waals surface area contributed by atoms with Gasteiger partial charge >= 0.3 is 6.18 Å². The third kappa shape index (κ3) is 6.65. The van der Waals surface area contributed by atoms with Gasteiger partial charge in [0.05, 0.1) is 13.2 Å². The molecule has 100 valence electrons. The minimum absolute atomic E-state index is 0.368. The van der Waals surface area contributed by atoms with Crippen molar-refractivity contribution < 1.29 is 17.9 Å². The highest BCUT2D eigenvalue weighted by atomic mass is 19.4. The Kier molecular flexibility index (Phi) is 5.94. The Morgan fingerprint density at radius 1 is 1.47 bits per heavy atom. The van der Waals surface area contributed by atoms with Crippen molar-refractivity contribution in [2.75, 3.05) is 46.4 Å². The summed E-state index contributed by atoms with van der Waals surface area (Å²) in [7, 11) is 1.66. The van der Waals surface area contributed by atoms with Crippen LogP contribution in [0.25, 0.3) is 0 Å². The van der Waals surface area contributed by atoms with Crippen molar-refractivity contribution in [3.8, 4) is 0 Å². The van der Waals surface area contributed by atoms with Crippen molar-refractivity contribution in [3.05, 3.63) is 11.6 Å². The van der Waals surface area contributed by atoms with E-state index in [0.29, 0.717) is 19.7 Å². The highest BCUT2D eigenvalue weighted by Crippen LogP contribution is 2.12. The third-order valence-electron chi connectivity index (χ3n) is 2.65. The first-order valence-electron chi connectivity index (χ1n) is 5.68. The lowest BCUT2D eigenvalue weighted by Crippen LogP contribution is -2.38. The molecule has 0 aromatic carbocycles. The highest BCUT2D eigenvalue weighted by Gasteiger charge is 2.26. The van der Waals surface area contributed by atoms with Crippen molar-refractivity contribution in [2.24, 2.45) is 0 Å². The Hall–Kier alpha value is -0.590. The predicted molar refractivity (Wildman–Crippen MR) is 59.9 cm³/mol. The maximum absolute atomic E-state index is 11.9. The molecule has 1 aliphatic rings. The lowest BCUT2D eigenvalue weighted by atomic mass is 10.1. The SMILES string of the molecule is COCC1=CCN(CCNCC(F)(F)F)CC1.